The summed E-state index contributed by atoms with van der Waals surface area (Å²) in [5, 5.41) is 19.1. The van der Waals surface area contributed by atoms with Gasteiger partial charge in [-0.15, -0.1) is 0 Å². The average molecular weight is 216 g/mol. The van der Waals surface area contributed by atoms with E-state index in [0.717, 1.165) is 0 Å². The molecular formula is C13H12O3. The number of rotatable bonds is 2. The van der Waals surface area contributed by atoms with Crippen LogP contribution in [0.4, 0.5) is 0 Å². The standard InChI is InChI=1S/C13H12O3/c1-9-11(14)7-8-12(13(9)15)16-10-5-3-2-4-6-10/h2-8,14-15H,1H3. The van der Waals surface area contributed by atoms with E-state index in [-0.39, 0.29) is 11.5 Å². The summed E-state index contributed by atoms with van der Waals surface area (Å²) in [4.78, 5) is 0. The molecule has 2 N–H and O–H groups in total. The number of ether oxygens (including phenoxy) is 1. The third-order valence-corrected chi connectivity index (χ3v) is 2.34. The Balaban J connectivity index is 2.33. The van der Waals surface area contributed by atoms with Crippen LogP contribution in [0.1, 0.15) is 5.56 Å². The fourth-order valence-electron chi connectivity index (χ4n) is 1.36. The minimum absolute atomic E-state index is 0.0381. The van der Waals surface area contributed by atoms with Crippen LogP contribution < -0.4 is 4.74 Å². The van der Waals surface area contributed by atoms with Crippen LogP contribution >= 0.6 is 0 Å². The Morgan fingerprint density at radius 1 is 0.938 bits per heavy atom. The minimum atomic E-state index is -0.0381. The lowest BCUT2D eigenvalue weighted by Gasteiger charge is -2.09. The number of benzene rings is 2. The van der Waals surface area contributed by atoms with Gasteiger partial charge in [0.25, 0.3) is 0 Å². The van der Waals surface area contributed by atoms with Crippen LogP contribution in [0.3, 0.4) is 0 Å². The van der Waals surface area contributed by atoms with E-state index in [9.17, 15) is 10.2 Å². The Bertz CT molecular complexity index is 492. The fraction of sp³-hybridized carbons (Fsp3) is 0.0769. The topological polar surface area (TPSA) is 49.7 Å². The second kappa shape index (κ2) is 4.14. The molecule has 0 aliphatic heterocycles. The van der Waals surface area contributed by atoms with E-state index < -0.39 is 0 Å². The van der Waals surface area contributed by atoms with Crippen molar-refractivity contribution >= 4 is 0 Å². The molecule has 0 aromatic heterocycles. The fourth-order valence-corrected chi connectivity index (χ4v) is 1.36. The van der Waals surface area contributed by atoms with Gasteiger partial charge in [-0.1, -0.05) is 18.2 Å². The molecule has 0 fully saturated rings. The molecule has 0 aliphatic rings. The van der Waals surface area contributed by atoms with Crippen molar-refractivity contribution in [1.82, 2.24) is 0 Å². The molecule has 0 saturated heterocycles. The van der Waals surface area contributed by atoms with E-state index in [2.05, 4.69) is 0 Å². The maximum atomic E-state index is 9.75. The minimum Gasteiger partial charge on any atom is -0.508 e. The summed E-state index contributed by atoms with van der Waals surface area (Å²) in [6.07, 6.45) is 0. The largest absolute Gasteiger partial charge is 0.508 e. The van der Waals surface area contributed by atoms with Crippen LogP contribution in [0.15, 0.2) is 42.5 Å². The summed E-state index contributed by atoms with van der Waals surface area (Å²) in [6, 6.07) is 12.2. The van der Waals surface area contributed by atoms with Crippen LogP contribution in [0.5, 0.6) is 23.0 Å². The Kier molecular flexibility index (Phi) is 2.68. The summed E-state index contributed by atoms with van der Waals surface area (Å²) in [7, 11) is 0. The van der Waals surface area contributed by atoms with Crippen molar-refractivity contribution in [3.63, 3.8) is 0 Å². The zero-order valence-electron chi connectivity index (χ0n) is 8.84. The molecule has 2 rings (SSSR count). The highest BCUT2D eigenvalue weighted by Gasteiger charge is 2.09. The first-order valence-corrected chi connectivity index (χ1v) is 4.93. The first-order chi connectivity index (χ1) is 7.68. The van der Waals surface area contributed by atoms with Gasteiger partial charge in [0.15, 0.2) is 11.5 Å². The number of hydrogen-bond acceptors (Lipinski definition) is 3. The van der Waals surface area contributed by atoms with Crippen LogP contribution in [-0.2, 0) is 0 Å². The molecule has 2 aromatic carbocycles. The molecule has 0 bridgehead atoms. The molecule has 0 aliphatic carbocycles. The monoisotopic (exact) mass is 216 g/mol. The van der Waals surface area contributed by atoms with E-state index in [0.29, 0.717) is 17.1 Å². The van der Waals surface area contributed by atoms with Gasteiger partial charge in [-0.3, -0.25) is 0 Å². The highest BCUT2D eigenvalue weighted by molar-refractivity contribution is 5.52. The zero-order chi connectivity index (χ0) is 11.5. The van der Waals surface area contributed by atoms with E-state index in [1.165, 1.54) is 12.1 Å². The molecule has 16 heavy (non-hydrogen) atoms. The quantitative estimate of drug-likeness (QED) is 0.810. The molecule has 3 nitrogen and oxygen atoms in total. The Labute approximate surface area is 93.6 Å². The van der Waals surface area contributed by atoms with Crippen molar-refractivity contribution in [2.75, 3.05) is 0 Å². The van der Waals surface area contributed by atoms with Crippen molar-refractivity contribution in [2.45, 2.75) is 6.92 Å². The maximum absolute atomic E-state index is 9.75. The van der Waals surface area contributed by atoms with Crippen LogP contribution in [-0.4, -0.2) is 10.2 Å². The Morgan fingerprint density at radius 2 is 1.62 bits per heavy atom. The predicted octanol–water partition coefficient (Wildman–Crippen LogP) is 3.20. The molecule has 2 aromatic rings. The Hall–Kier alpha value is -2.16. The van der Waals surface area contributed by atoms with Gasteiger partial charge < -0.3 is 14.9 Å². The SMILES string of the molecule is Cc1c(O)ccc(Oc2ccccc2)c1O. The molecule has 0 radical (unpaired) electrons. The van der Waals surface area contributed by atoms with Crippen molar-refractivity contribution < 1.29 is 14.9 Å². The van der Waals surface area contributed by atoms with Gasteiger partial charge in [0, 0.05) is 5.56 Å². The molecule has 82 valence electrons. The molecule has 0 atom stereocenters. The normalized spacial score (nSPS) is 10.1. The average Bonchev–Trinajstić information content (AvgIpc) is 2.31. The van der Waals surface area contributed by atoms with Crippen molar-refractivity contribution in [3.05, 3.63) is 48.0 Å². The van der Waals surface area contributed by atoms with Crippen molar-refractivity contribution in [2.24, 2.45) is 0 Å². The lowest BCUT2D eigenvalue weighted by molar-refractivity contribution is 0.399. The molecule has 0 unspecified atom stereocenters. The molecule has 0 saturated carbocycles. The van der Waals surface area contributed by atoms with Crippen molar-refractivity contribution in [3.8, 4) is 23.0 Å². The lowest BCUT2D eigenvalue weighted by atomic mass is 10.2. The third kappa shape index (κ3) is 1.93. The van der Waals surface area contributed by atoms with E-state index in [1.807, 2.05) is 18.2 Å². The molecule has 0 heterocycles. The molecule has 0 amide bonds. The summed E-state index contributed by atoms with van der Waals surface area (Å²) in [5.74, 6) is 0.992. The van der Waals surface area contributed by atoms with E-state index >= 15 is 0 Å². The highest BCUT2D eigenvalue weighted by atomic mass is 16.5. The van der Waals surface area contributed by atoms with Gasteiger partial charge in [0.1, 0.15) is 11.5 Å². The first-order valence-electron chi connectivity index (χ1n) is 4.93. The first kappa shape index (κ1) is 10.4. The van der Waals surface area contributed by atoms with Crippen LogP contribution in [0.25, 0.3) is 0 Å². The number of phenolic OH excluding ortho intramolecular Hbond substituents is 2. The highest BCUT2D eigenvalue weighted by Crippen LogP contribution is 2.37. The second-order valence-electron chi connectivity index (χ2n) is 3.47. The van der Waals surface area contributed by atoms with Crippen LogP contribution in [0.2, 0.25) is 0 Å². The molecular weight excluding hydrogens is 204 g/mol. The van der Waals surface area contributed by atoms with Gasteiger partial charge >= 0.3 is 0 Å². The molecule has 3 heteroatoms. The summed E-state index contributed by atoms with van der Waals surface area (Å²) < 4.78 is 5.48. The van der Waals surface area contributed by atoms with Gasteiger partial charge in [-0.05, 0) is 31.2 Å². The number of para-hydroxylation sites is 1. The lowest BCUT2D eigenvalue weighted by Crippen LogP contribution is -1.86. The van der Waals surface area contributed by atoms with Gasteiger partial charge in [0.05, 0.1) is 0 Å². The smallest absolute Gasteiger partial charge is 0.169 e. The predicted molar refractivity (Wildman–Crippen MR) is 61.0 cm³/mol. The van der Waals surface area contributed by atoms with Gasteiger partial charge in [0.2, 0.25) is 0 Å². The Morgan fingerprint density at radius 3 is 2.31 bits per heavy atom. The number of phenols is 2. The maximum Gasteiger partial charge on any atom is 0.169 e. The third-order valence-electron chi connectivity index (χ3n) is 2.34. The summed E-state index contributed by atoms with van der Waals surface area (Å²) in [6.45, 7) is 1.63. The van der Waals surface area contributed by atoms with Crippen molar-refractivity contribution in [1.29, 1.82) is 0 Å². The van der Waals surface area contributed by atoms with Gasteiger partial charge in [-0.2, -0.15) is 0 Å². The van der Waals surface area contributed by atoms with E-state index in [1.54, 1.807) is 19.1 Å². The second-order valence-corrected chi connectivity index (χ2v) is 3.47. The number of aromatic hydroxyl groups is 2. The van der Waals surface area contributed by atoms with Gasteiger partial charge in [-0.25, -0.2) is 0 Å². The zero-order valence-corrected chi connectivity index (χ0v) is 8.84. The number of hydrogen-bond donors (Lipinski definition) is 2. The summed E-state index contributed by atoms with van der Waals surface area (Å²) >= 11 is 0. The molecule has 0 spiro atoms. The van der Waals surface area contributed by atoms with E-state index in [4.69, 9.17) is 4.74 Å². The summed E-state index contributed by atoms with van der Waals surface area (Å²) in [5.41, 5.74) is 0.411. The van der Waals surface area contributed by atoms with Crippen LogP contribution in [0, 0.1) is 6.92 Å².